The average molecular weight is 256 g/mol. The fraction of sp³-hybridized carbons (Fsp3) is 0.929. The van der Waals surface area contributed by atoms with Gasteiger partial charge in [-0.2, -0.15) is 0 Å². The molecule has 2 N–H and O–H groups in total. The normalized spacial score (nSPS) is 19.7. The van der Waals surface area contributed by atoms with Gasteiger partial charge in [0.1, 0.15) is 5.60 Å². The van der Waals surface area contributed by atoms with E-state index in [4.69, 9.17) is 10.5 Å². The van der Waals surface area contributed by atoms with Gasteiger partial charge in [0.15, 0.2) is 0 Å². The molecule has 0 bridgehead atoms. The molecule has 0 aromatic heterocycles. The van der Waals surface area contributed by atoms with Gasteiger partial charge in [-0.15, -0.1) is 0 Å². The fourth-order valence-corrected chi connectivity index (χ4v) is 2.48. The van der Waals surface area contributed by atoms with Crippen LogP contribution in [0.25, 0.3) is 0 Å². The van der Waals surface area contributed by atoms with E-state index in [1.807, 2.05) is 25.7 Å². The summed E-state index contributed by atoms with van der Waals surface area (Å²) in [5.41, 5.74) is 5.19. The van der Waals surface area contributed by atoms with Crippen LogP contribution in [0.1, 0.15) is 47.0 Å². The molecule has 1 aliphatic rings. The van der Waals surface area contributed by atoms with Crippen molar-refractivity contribution in [3.63, 3.8) is 0 Å². The highest BCUT2D eigenvalue weighted by atomic mass is 16.6. The Kier molecular flexibility index (Phi) is 5.45. The van der Waals surface area contributed by atoms with E-state index in [1.54, 1.807) is 0 Å². The van der Waals surface area contributed by atoms with Crippen molar-refractivity contribution in [2.45, 2.75) is 52.6 Å². The van der Waals surface area contributed by atoms with Gasteiger partial charge in [0.2, 0.25) is 0 Å². The van der Waals surface area contributed by atoms with Crippen LogP contribution in [0.15, 0.2) is 0 Å². The van der Waals surface area contributed by atoms with Gasteiger partial charge in [-0.1, -0.05) is 6.92 Å². The monoisotopic (exact) mass is 256 g/mol. The second kappa shape index (κ2) is 6.41. The minimum atomic E-state index is -0.402. The van der Waals surface area contributed by atoms with Gasteiger partial charge >= 0.3 is 6.09 Å². The predicted octanol–water partition coefficient (Wildman–Crippen LogP) is 2.62. The van der Waals surface area contributed by atoms with E-state index < -0.39 is 5.60 Å². The lowest BCUT2D eigenvalue weighted by Crippen LogP contribution is -2.42. The van der Waals surface area contributed by atoms with Gasteiger partial charge in [0.25, 0.3) is 0 Å². The minimum absolute atomic E-state index is 0.174. The summed E-state index contributed by atoms with van der Waals surface area (Å²) in [5, 5.41) is 0. The number of hydrogen-bond acceptors (Lipinski definition) is 3. The summed E-state index contributed by atoms with van der Waals surface area (Å²) in [6, 6.07) is 0. The number of likely N-dealkylation sites (tertiary alicyclic amines) is 1. The number of nitrogens with zero attached hydrogens (tertiary/aromatic N) is 1. The maximum atomic E-state index is 11.9. The highest BCUT2D eigenvalue weighted by molar-refractivity contribution is 5.68. The quantitative estimate of drug-likeness (QED) is 0.844. The van der Waals surface area contributed by atoms with Crippen LogP contribution in [-0.2, 0) is 4.74 Å². The van der Waals surface area contributed by atoms with E-state index in [0.717, 1.165) is 38.9 Å². The van der Waals surface area contributed by atoms with Crippen molar-refractivity contribution >= 4 is 6.09 Å². The molecule has 4 nitrogen and oxygen atoms in total. The Morgan fingerprint density at radius 2 is 1.94 bits per heavy atom. The summed E-state index contributed by atoms with van der Waals surface area (Å²) in [5.74, 6) is 1.36. The first kappa shape index (κ1) is 15.3. The summed E-state index contributed by atoms with van der Waals surface area (Å²) in [4.78, 5) is 13.7. The molecule has 4 heteroatoms. The lowest BCUT2D eigenvalue weighted by Gasteiger charge is -2.35. The van der Waals surface area contributed by atoms with Crippen molar-refractivity contribution in [3.05, 3.63) is 0 Å². The van der Waals surface area contributed by atoms with Crippen LogP contribution in [0, 0.1) is 11.8 Å². The van der Waals surface area contributed by atoms with E-state index in [0.29, 0.717) is 11.8 Å². The minimum Gasteiger partial charge on any atom is -0.444 e. The lowest BCUT2D eigenvalue weighted by molar-refractivity contribution is 0.0161. The molecular weight excluding hydrogens is 228 g/mol. The van der Waals surface area contributed by atoms with Gasteiger partial charge < -0.3 is 15.4 Å². The highest BCUT2D eigenvalue weighted by Crippen LogP contribution is 2.27. The zero-order valence-electron chi connectivity index (χ0n) is 12.2. The van der Waals surface area contributed by atoms with E-state index in [1.165, 1.54) is 0 Å². The Morgan fingerprint density at radius 3 is 2.39 bits per heavy atom. The molecule has 1 amide bonds. The van der Waals surface area contributed by atoms with Gasteiger partial charge in [-0.3, -0.25) is 0 Å². The number of hydrogen-bond donors (Lipinski definition) is 1. The van der Waals surface area contributed by atoms with Crippen LogP contribution in [0.5, 0.6) is 0 Å². The molecule has 1 saturated heterocycles. The molecule has 0 radical (unpaired) electrons. The smallest absolute Gasteiger partial charge is 0.410 e. The number of carbonyl (C=O) groups is 1. The molecule has 1 heterocycles. The molecule has 1 aliphatic heterocycles. The Morgan fingerprint density at radius 1 is 1.39 bits per heavy atom. The second-order valence-corrected chi connectivity index (χ2v) is 6.36. The van der Waals surface area contributed by atoms with Crippen LogP contribution in [-0.4, -0.2) is 36.2 Å². The number of piperidine rings is 1. The third-order valence-corrected chi connectivity index (χ3v) is 3.62. The standard InChI is InChI=1S/C14H28N2O2/c1-11(5-8-15)12-6-9-16(10-7-12)13(17)18-14(2,3)4/h11-12H,5-10,15H2,1-4H3. The molecule has 1 atom stereocenters. The molecule has 0 aliphatic carbocycles. The topological polar surface area (TPSA) is 55.6 Å². The Hall–Kier alpha value is -0.770. The summed E-state index contributed by atoms with van der Waals surface area (Å²) in [7, 11) is 0. The molecule has 0 saturated carbocycles. The van der Waals surface area contributed by atoms with Crippen molar-refractivity contribution < 1.29 is 9.53 Å². The number of nitrogens with two attached hydrogens (primary N) is 1. The van der Waals surface area contributed by atoms with Crippen LogP contribution in [0.3, 0.4) is 0 Å². The zero-order valence-corrected chi connectivity index (χ0v) is 12.2. The third kappa shape index (κ3) is 4.84. The first-order valence-corrected chi connectivity index (χ1v) is 7.01. The van der Waals surface area contributed by atoms with E-state index >= 15 is 0 Å². The van der Waals surface area contributed by atoms with Crippen LogP contribution < -0.4 is 5.73 Å². The van der Waals surface area contributed by atoms with Gasteiger partial charge in [0, 0.05) is 13.1 Å². The molecule has 0 spiro atoms. The van der Waals surface area contributed by atoms with E-state index in [2.05, 4.69) is 6.92 Å². The molecule has 106 valence electrons. The molecule has 0 aromatic carbocycles. The maximum absolute atomic E-state index is 11.9. The van der Waals surface area contributed by atoms with Gasteiger partial charge in [0.05, 0.1) is 0 Å². The fourth-order valence-electron chi connectivity index (χ4n) is 2.48. The second-order valence-electron chi connectivity index (χ2n) is 6.36. The Balaban J connectivity index is 2.37. The largest absolute Gasteiger partial charge is 0.444 e. The highest BCUT2D eigenvalue weighted by Gasteiger charge is 2.28. The number of carbonyl (C=O) groups excluding carboxylic acids is 1. The maximum Gasteiger partial charge on any atom is 0.410 e. The molecule has 18 heavy (non-hydrogen) atoms. The summed E-state index contributed by atoms with van der Waals surface area (Å²) in [6.45, 7) is 10.4. The van der Waals surface area contributed by atoms with Crippen molar-refractivity contribution in [3.8, 4) is 0 Å². The molecule has 1 unspecified atom stereocenters. The van der Waals surface area contributed by atoms with E-state index in [-0.39, 0.29) is 6.09 Å². The van der Waals surface area contributed by atoms with Crippen LogP contribution in [0.4, 0.5) is 4.79 Å². The Bertz CT molecular complexity index is 265. The van der Waals surface area contributed by atoms with Crippen molar-refractivity contribution in [1.29, 1.82) is 0 Å². The SMILES string of the molecule is CC(CCN)C1CCN(C(=O)OC(C)(C)C)CC1. The molecule has 1 fully saturated rings. The summed E-state index contributed by atoms with van der Waals surface area (Å²) < 4.78 is 5.39. The first-order chi connectivity index (χ1) is 8.33. The van der Waals surface area contributed by atoms with Crippen LogP contribution >= 0.6 is 0 Å². The van der Waals surface area contributed by atoms with E-state index in [9.17, 15) is 4.79 Å². The Labute approximate surface area is 111 Å². The number of ether oxygens (including phenoxy) is 1. The van der Waals surface area contributed by atoms with Crippen molar-refractivity contribution in [2.75, 3.05) is 19.6 Å². The summed E-state index contributed by atoms with van der Waals surface area (Å²) in [6.07, 6.45) is 3.05. The van der Waals surface area contributed by atoms with Crippen molar-refractivity contribution in [2.24, 2.45) is 17.6 Å². The predicted molar refractivity (Wildman–Crippen MR) is 73.4 cm³/mol. The third-order valence-electron chi connectivity index (χ3n) is 3.62. The number of rotatable bonds is 3. The van der Waals surface area contributed by atoms with Crippen molar-refractivity contribution in [1.82, 2.24) is 4.90 Å². The molecular formula is C14H28N2O2. The lowest BCUT2D eigenvalue weighted by atomic mass is 9.84. The average Bonchev–Trinajstić information content (AvgIpc) is 2.27. The zero-order chi connectivity index (χ0) is 13.8. The van der Waals surface area contributed by atoms with Gasteiger partial charge in [-0.05, 0) is 58.4 Å². The summed E-state index contributed by atoms with van der Waals surface area (Å²) >= 11 is 0. The molecule has 1 rings (SSSR count). The number of amides is 1. The van der Waals surface area contributed by atoms with Gasteiger partial charge in [-0.25, -0.2) is 4.79 Å². The first-order valence-electron chi connectivity index (χ1n) is 7.01. The van der Waals surface area contributed by atoms with Crippen LogP contribution in [0.2, 0.25) is 0 Å². The molecule has 0 aromatic rings.